The lowest BCUT2D eigenvalue weighted by molar-refractivity contribution is 0.102. The Bertz CT molecular complexity index is 1230. The van der Waals surface area contributed by atoms with Crippen LogP contribution in [0.1, 0.15) is 35.5 Å². The molecule has 0 unspecified atom stereocenters. The number of para-hydroxylation sites is 1. The number of aromatic nitrogens is 3. The Kier molecular flexibility index (Phi) is 5.71. The van der Waals surface area contributed by atoms with Crippen LogP contribution < -0.4 is 10.1 Å². The van der Waals surface area contributed by atoms with E-state index in [1.54, 1.807) is 16.8 Å². The first-order valence-corrected chi connectivity index (χ1v) is 10.4. The van der Waals surface area contributed by atoms with Gasteiger partial charge in [0.05, 0.1) is 17.8 Å². The molecule has 0 spiro atoms. The molecule has 0 fully saturated rings. The van der Waals surface area contributed by atoms with E-state index in [-0.39, 0.29) is 5.91 Å². The number of benzene rings is 2. The zero-order valence-corrected chi connectivity index (χ0v) is 18.2. The lowest BCUT2D eigenvalue weighted by Gasteiger charge is -2.11. The minimum absolute atomic E-state index is 0.214. The van der Waals surface area contributed by atoms with Crippen LogP contribution in [-0.2, 0) is 0 Å². The summed E-state index contributed by atoms with van der Waals surface area (Å²) >= 11 is 0. The Morgan fingerprint density at radius 1 is 1.06 bits per heavy atom. The molecule has 0 aliphatic carbocycles. The zero-order valence-electron chi connectivity index (χ0n) is 18.2. The van der Waals surface area contributed by atoms with Gasteiger partial charge in [-0.25, -0.2) is 4.98 Å². The number of pyridine rings is 1. The number of rotatable bonds is 6. The summed E-state index contributed by atoms with van der Waals surface area (Å²) < 4.78 is 7.37. The van der Waals surface area contributed by atoms with Crippen molar-refractivity contribution in [3.8, 4) is 11.6 Å². The van der Waals surface area contributed by atoms with E-state index in [1.807, 2.05) is 62.4 Å². The van der Waals surface area contributed by atoms with Crippen LogP contribution in [0.15, 0.2) is 60.7 Å². The monoisotopic (exact) mass is 414 g/mol. The number of carbonyl (C=O) groups is 1. The van der Waals surface area contributed by atoms with Crippen molar-refractivity contribution in [2.45, 2.75) is 27.7 Å². The van der Waals surface area contributed by atoms with Gasteiger partial charge in [0, 0.05) is 17.0 Å². The number of amides is 1. The van der Waals surface area contributed by atoms with Gasteiger partial charge in [-0.05, 0) is 61.7 Å². The Labute approximate surface area is 181 Å². The van der Waals surface area contributed by atoms with Crippen molar-refractivity contribution in [1.82, 2.24) is 14.8 Å². The van der Waals surface area contributed by atoms with E-state index >= 15 is 0 Å². The summed E-state index contributed by atoms with van der Waals surface area (Å²) in [6.45, 7) is 8.77. The van der Waals surface area contributed by atoms with E-state index in [0.29, 0.717) is 29.7 Å². The smallest absolute Gasteiger partial charge is 0.256 e. The van der Waals surface area contributed by atoms with Gasteiger partial charge < -0.3 is 10.1 Å². The molecule has 4 aromatic rings. The highest BCUT2D eigenvalue weighted by Gasteiger charge is 2.15. The molecule has 0 aliphatic rings. The van der Waals surface area contributed by atoms with Gasteiger partial charge in [0.15, 0.2) is 5.82 Å². The molecule has 0 bridgehead atoms. The summed E-state index contributed by atoms with van der Waals surface area (Å²) in [5, 5.41) is 8.61. The molecule has 158 valence electrons. The van der Waals surface area contributed by atoms with Crippen LogP contribution in [0, 0.1) is 19.8 Å². The minimum atomic E-state index is -0.214. The van der Waals surface area contributed by atoms with E-state index in [1.165, 1.54) is 0 Å². The number of hydrogen-bond donors (Lipinski definition) is 1. The third-order valence-electron chi connectivity index (χ3n) is 4.90. The second-order valence-corrected chi connectivity index (χ2v) is 8.08. The average molecular weight is 415 g/mol. The number of anilines is 1. The molecule has 31 heavy (non-hydrogen) atoms. The molecule has 0 atom stereocenters. The Morgan fingerprint density at radius 2 is 1.81 bits per heavy atom. The molecule has 0 aliphatic heterocycles. The zero-order chi connectivity index (χ0) is 22.0. The average Bonchev–Trinajstić information content (AvgIpc) is 3.12. The first kappa shape index (κ1) is 20.6. The first-order valence-electron chi connectivity index (χ1n) is 10.4. The van der Waals surface area contributed by atoms with Crippen molar-refractivity contribution in [1.29, 1.82) is 0 Å². The molecule has 0 saturated carbocycles. The maximum Gasteiger partial charge on any atom is 0.256 e. The van der Waals surface area contributed by atoms with E-state index in [4.69, 9.17) is 9.72 Å². The molecule has 1 N–H and O–H groups in total. The third kappa shape index (κ3) is 4.58. The number of hydrogen-bond acceptors (Lipinski definition) is 4. The van der Waals surface area contributed by atoms with Crippen LogP contribution in [0.25, 0.3) is 16.7 Å². The molecule has 2 aromatic carbocycles. The number of nitrogens with zero attached hydrogens (tertiary/aromatic N) is 3. The number of fused-ring (bicyclic) bond motifs is 1. The van der Waals surface area contributed by atoms with E-state index < -0.39 is 0 Å². The molecule has 0 radical (unpaired) electrons. The lowest BCUT2D eigenvalue weighted by Crippen LogP contribution is -2.15. The quantitative estimate of drug-likeness (QED) is 0.463. The third-order valence-corrected chi connectivity index (χ3v) is 4.90. The van der Waals surface area contributed by atoms with Gasteiger partial charge in [0.1, 0.15) is 11.6 Å². The Balaban J connectivity index is 1.59. The van der Waals surface area contributed by atoms with Crippen LogP contribution in [-0.4, -0.2) is 27.3 Å². The topological polar surface area (TPSA) is 69.0 Å². The van der Waals surface area contributed by atoms with Gasteiger partial charge in [0.2, 0.25) is 0 Å². The van der Waals surface area contributed by atoms with Crippen molar-refractivity contribution in [3.05, 3.63) is 77.5 Å². The van der Waals surface area contributed by atoms with E-state index in [0.717, 1.165) is 27.9 Å². The van der Waals surface area contributed by atoms with Gasteiger partial charge >= 0.3 is 0 Å². The van der Waals surface area contributed by atoms with Gasteiger partial charge in [-0.2, -0.15) is 9.78 Å². The normalized spacial score (nSPS) is 11.1. The summed E-state index contributed by atoms with van der Waals surface area (Å²) in [5.74, 6) is 2.22. The van der Waals surface area contributed by atoms with Crippen LogP contribution in [0.3, 0.4) is 0 Å². The van der Waals surface area contributed by atoms with E-state index in [9.17, 15) is 4.79 Å². The van der Waals surface area contributed by atoms with Crippen LogP contribution in [0.4, 0.5) is 5.82 Å². The minimum Gasteiger partial charge on any atom is -0.493 e. The van der Waals surface area contributed by atoms with Crippen LogP contribution >= 0.6 is 0 Å². The fourth-order valence-corrected chi connectivity index (χ4v) is 3.36. The van der Waals surface area contributed by atoms with Crippen LogP contribution in [0.5, 0.6) is 5.75 Å². The molecule has 6 heteroatoms. The van der Waals surface area contributed by atoms with Crippen molar-refractivity contribution >= 4 is 22.6 Å². The summed E-state index contributed by atoms with van der Waals surface area (Å²) in [5.41, 5.74) is 3.33. The molecular formula is C25H26N4O2. The second kappa shape index (κ2) is 8.60. The molecule has 6 nitrogen and oxygen atoms in total. The Hall–Kier alpha value is -3.67. The first-order chi connectivity index (χ1) is 14.9. The highest BCUT2D eigenvalue weighted by molar-refractivity contribution is 6.04. The van der Waals surface area contributed by atoms with Crippen molar-refractivity contribution in [2.75, 3.05) is 11.9 Å². The highest BCUT2D eigenvalue weighted by Crippen LogP contribution is 2.23. The fraction of sp³-hybridized carbons (Fsp3) is 0.240. The number of nitrogens with one attached hydrogen (secondary N) is 1. The molecule has 0 saturated heterocycles. The van der Waals surface area contributed by atoms with Crippen molar-refractivity contribution in [3.63, 3.8) is 0 Å². The largest absolute Gasteiger partial charge is 0.493 e. The maximum absolute atomic E-state index is 12.9. The second-order valence-electron chi connectivity index (χ2n) is 8.08. The summed E-state index contributed by atoms with van der Waals surface area (Å²) in [7, 11) is 0. The van der Waals surface area contributed by atoms with Gasteiger partial charge in [0.25, 0.3) is 5.91 Å². The predicted octanol–water partition coefficient (Wildman–Crippen LogP) is 5.32. The van der Waals surface area contributed by atoms with Gasteiger partial charge in [-0.15, -0.1) is 0 Å². The van der Waals surface area contributed by atoms with E-state index in [2.05, 4.69) is 24.3 Å². The molecule has 1 amide bonds. The lowest BCUT2D eigenvalue weighted by atomic mass is 10.1. The Morgan fingerprint density at radius 3 is 2.55 bits per heavy atom. The number of carbonyl (C=O) groups excluding carboxylic acids is 1. The number of aryl methyl sites for hydroxylation is 2. The number of ether oxygens (including phenoxy) is 1. The molecule has 2 heterocycles. The molecule has 4 rings (SSSR count). The summed E-state index contributed by atoms with van der Waals surface area (Å²) in [6, 6.07) is 19.0. The standard InChI is InChI=1S/C25H26N4O2/c1-16(2)15-31-20-11-9-19(10-12-20)25(30)27-24-14-18(4)28-29(24)23-13-17(3)21-7-5-6-8-22(21)26-23/h5-14,16H,15H2,1-4H3,(H,27,30). The fourth-order valence-electron chi connectivity index (χ4n) is 3.36. The van der Waals surface area contributed by atoms with Crippen molar-refractivity contribution in [2.24, 2.45) is 5.92 Å². The summed E-state index contributed by atoms with van der Waals surface area (Å²) in [4.78, 5) is 17.6. The summed E-state index contributed by atoms with van der Waals surface area (Å²) in [6.07, 6.45) is 0. The predicted molar refractivity (Wildman–Crippen MR) is 123 cm³/mol. The van der Waals surface area contributed by atoms with Gasteiger partial charge in [-0.3, -0.25) is 4.79 Å². The highest BCUT2D eigenvalue weighted by atomic mass is 16.5. The van der Waals surface area contributed by atoms with Crippen LogP contribution in [0.2, 0.25) is 0 Å². The van der Waals surface area contributed by atoms with Gasteiger partial charge in [-0.1, -0.05) is 32.0 Å². The molecule has 2 aromatic heterocycles. The molecular weight excluding hydrogens is 388 g/mol. The van der Waals surface area contributed by atoms with Crippen molar-refractivity contribution < 1.29 is 9.53 Å². The SMILES string of the molecule is Cc1cc(NC(=O)c2ccc(OCC(C)C)cc2)n(-c2cc(C)c3ccccc3n2)n1. The maximum atomic E-state index is 12.9.